The molecule has 2 atom stereocenters. The molecule has 1 fully saturated rings. The molecule has 26 heavy (non-hydrogen) atoms. The maximum Gasteiger partial charge on any atom is 0.270 e. The lowest BCUT2D eigenvalue weighted by Crippen LogP contribution is -2.49. The van der Waals surface area contributed by atoms with Gasteiger partial charge in [0.25, 0.3) is 5.91 Å². The molecule has 2 amide bonds. The van der Waals surface area contributed by atoms with E-state index in [4.69, 9.17) is 15.9 Å². The van der Waals surface area contributed by atoms with E-state index in [0.717, 1.165) is 25.9 Å². The lowest BCUT2D eigenvalue weighted by atomic mass is 10.0. The first-order valence-electron chi connectivity index (χ1n) is 9.03. The molecule has 5 N–H and O–H groups in total. The van der Waals surface area contributed by atoms with E-state index < -0.39 is 17.9 Å². The second kappa shape index (κ2) is 9.33. The maximum atomic E-state index is 12.4. The quantitative estimate of drug-likeness (QED) is 0.527. The van der Waals surface area contributed by atoms with Gasteiger partial charge < -0.3 is 21.1 Å². The van der Waals surface area contributed by atoms with Crippen molar-refractivity contribution in [3.05, 3.63) is 29.8 Å². The molecule has 0 saturated carbocycles. The van der Waals surface area contributed by atoms with Crippen molar-refractivity contribution in [1.29, 1.82) is 5.41 Å². The average Bonchev–Trinajstić information content (AvgIpc) is 2.64. The van der Waals surface area contributed by atoms with Crippen LogP contribution in [0.3, 0.4) is 0 Å². The highest BCUT2D eigenvalue weighted by Gasteiger charge is 2.25. The molecule has 7 nitrogen and oxygen atoms in total. The van der Waals surface area contributed by atoms with Gasteiger partial charge in [0.1, 0.15) is 11.8 Å². The Morgan fingerprint density at radius 3 is 2.65 bits per heavy atom. The molecule has 1 heterocycles. The molecule has 0 aliphatic carbocycles. The summed E-state index contributed by atoms with van der Waals surface area (Å²) in [7, 11) is 0. The van der Waals surface area contributed by atoms with Crippen molar-refractivity contribution in [2.75, 3.05) is 18.5 Å². The second-order valence-corrected chi connectivity index (χ2v) is 6.89. The summed E-state index contributed by atoms with van der Waals surface area (Å²) in [5.74, 6) is -1.38. The van der Waals surface area contributed by atoms with Crippen LogP contribution in [0, 0.1) is 11.3 Å². The average molecular weight is 360 g/mol. The third kappa shape index (κ3) is 5.29. The molecule has 7 heteroatoms. The molecular formula is C19H28N4O3. The van der Waals surface area contributed by atoms with Gasteiger partial charge in [0.2, 0.25) is 5.91 Å². The highest BCUT2D eigenvalue weighted by molar-refractivity contribution is 6.45. The first kappa shape index (κ1) is 19.9. The minimum atomic E-state index is -0.807. The van der Waals surface area contributed by atoms with Crippen LogP contribution in [0.25, 0.3) is 0 Å². The fraction of sp³-hybridized carbons (Fsp3) is 0.526. The molecule has 142 valence electrons. The zero-order chi connectivity index (χ0) is 19.1. The van der Waals surface area contributed by atoms with E-state index in [2.05, 4.69) is 10.6 Å². The number of nitrogens with two attached hydrogens (primary N) is 1. The van der Waals surface area contributed by atoms with E-state index in [0.29, 0.717) is 17.8 Å². The fourth-order valence-corrected chi connectivity index (χ4v) is 2.95. The number of hydrogen-bond donors (Lipinski definition) is 4. The molecule has 2 unspecified atom stereocenters. The normalized spacial score (nSPS) is 18.2. The smallest absolute Gasteiger partial charge is 0.270 e. The van der Waals surface area contributed by atoms with Crippen LogP contribution in [0.2, 0.25) is 0 Å². The molecule has 2 rings (SSSR count). The molecule has 0 spiro atoms. The molecule has 1 aromatic carbocycles. The van der Waals surface area contributed by atoms with E-state index in [1.165, 1.54) is 0 Å². The van der Waals surface area contributed by atoms with Gasteiger partial charge in [-0.3, -0.25) is 15.0 Å². The van der Waals surface area contributed by atoms with E-state index >= 15 is 0 Å². The van der Waals surface area contributed by atoms with Gasteiger partial charge in [0.15, 0.2) is 0 Å². The summed E-state index contributed by atoms with van der Waals surface area (Å²) in [5.41, 5.74) is 6.31. The number of hydrogen-bond acceptors (Lipinski definition) is 5. The molecular weight excluding hydrogens is 332 g/mol. The lowest BCUT2D eigenvalue weighted by Gasteiger charge is -2.24. The lowest BCUT2D eigenvalue weighted by molar-refractivity contribution is -0.125. The summed E-state index contributed by atoms with van der Waals surface area (Å²) in [6.07, 6.45) is 3.38. The van der Waals surface area contributed by atoms with Gasteiger partial charge in [-0.15, -0.1) is 0 Å². The van der Waals surface area contributed by atoms with E-state index in [1.54, 1.807) is 26.0 Å². The van der Waals surface area contributed by atoms with Crippen LogP contribution in [-0.2, 0) is 14.3 Å². The number of ether oxygens (including phenoxy) is 1. The number of amides is 2. The van der Waals surface area contributed by atoms with Crippen molar-refractivity contribution in [3.8, 4) is 0 Å². The SMILES string of the molecule is CC(C)C(NC(=O)C(=N)c1ccccc1NCC1CCCCO1)C(N)=O. The Morgan fingerprint density at radius 2 is 2.04 bits per heavy atom. The van der Waals surface area contributed by atoms with E-state index in [1.807, 2.05) is 12.1 Å². The number of anilines is 1. The summed E-state index contributed by atoms with van der Waals surface area (Å²) >= 11 is 0. The van der Waals surface area contributed by atoms with Crippen LogP contribution in [0.5, 0.6) is 0 Å². The molecule has 0 bridgehead atoms. The Bertz CT molecular complexity index is 654. The van der Waals surface area contributed by atoms with Crippen LogP contribution >= 0.6 is 0 Å². The maximum absolute atomic E-state index is 12.4. The third-order valence-electron chi connectivity index (χ3n) is 4.48. The third-order valence-corrected chi connectivity index (χ3v) is 4.48. The highest BCUT2D eigenvalue weighted by atomic mass is 16.5. The Hall–Kier alpha value is -2.41. The van der Waals surface area contributed by atoms with Gasteiger partial charge in [-0.2, -0.15) is 0 Å². The number of primary amides is 1. The van der Waals surface area contributed by atoms with Crippen LogP contribution < -0.4 is 16.4 Å². The van der Waals surface area contributed by atoms with Gasteiger partial charge in [-0.25, -0.2) is 0 Å². The summed E-state index contributed by atoms with van der Waals surface area (Å²) in [6, 6.07) is 6.35. The van der Waals surface area contributed by atoms with Crippen molar-refractivity contribution in [3.63, 3.8) is 0 Å². The van der Waals surface area contributed by atoms with Gasteiger partial charge in [0.05, 0.1) is 6.10 Å². The largest absolute Gasteiger partial charge is 0.382 e. The van der Waals surface area contributed by atoms with Crippen LogP contribution in [0.4, 0.5) is 5.69 Å². The summed E-state index contributed by atoms with van der Waals surface area (Å²) < 4.78 is 5.71. The fourth-order valence-electron chi connectivity index (χ4n) is 2.95. The van der Waals surface area contributed by atoms with Gasteiger partial charge in [-0.1, -0.05) is 32.0 Å². The van der Waals surface area contributed by atoms with E-state index in [-0.39, 0.29) is 17.7 Å². The minimum Gasteiger partial charge on any atom is -0.382 e. The number of nitrogens with one attached hydrogen (secondary N) is 3. The summed E-state index contributed by atoms with van der Waals surface area (Å²) in [6.45, 7) is 4.98. The highest BCUT2D eigenvalue weighted by Crippen LogP contribution is 2.18. The van der Waals surface area contributed by atoms with Gasteiger partial charge >= 0.3 is 0 Å². The van der Waals surface area contributed by atoms with Crippen molar-refractivity contribution in [2.45, 2.75) is 45.3 Å². The zero-order valence-electron chi connectivity index (χ0n) is 15.4. The molecule has 0 aromatic heterocycles. The minimum absolute atomic E-state index is 0.139. The number of carbonyl (C=O) groups is 2. The predicted molar refractivity (Wildman–Crippen MR) is 101 cm³/mol. The Kier molecular flexibility index (Phi) is 7.15. The van der Waals surface area contributed by atoms with Crippen LogP contribution in [0.15, 0.2) is 24.3 Å². The van der Waals surface area contributed by atoms with Crippen molar-refractivity contribution in [2.24, 2.45) is 11.7 Å². The van der Waals surface area contributed by atoms with Gasteiger partial charge in [-0.05, 0) is 31.2 Å². The first-order chi connectivity index (χ1) is 12.4. The van der Waals surface area contributed by atoms with Gasteiger partial charge in [0, 0.05) is 24.4 Å². The Labute approximate surface area is 154 Å². The van der Waals surface area contributed by atoms with Crippen LogP contribution in [0.1, 0.15) is 38.7 Å². The number of benzene rings is 1. The monoisotopic (exact) mass is 360 g/mol. The summed E-state index contributed by atoms with van der Waals surface area (Å²) in [4.78, 5) is 23.9. The molecule has 1 aromatic rings. The molecule has 1 aliphatic rings. The summed E-state index contributed by atoms with van der Waals surface area (Å²) in [5, 5.41) is 14.1. The first-order valence-corrected chi connectivity index (χ1v) is 9.03. The standard InChI is InChI=1S/C19H28N4O3/c1-12(2)17(18(21)24)23-19(25)16(20)14-8-3-4-9-15(14)22-11-13-7-5-6-10-26-13/h3-4,8-9,12-13,17,20,22H,5-7,10-11H2,1-2H3,(H2,21,24)(H,23,25). The van der Waals surface area contributed by atoms with Crippen LogP contribution in [-0.4, -0.2) is 42.8 Å². The molecule has 1 saturated heterocycles. The number of para-hydroxylation sites is 1. The topological polar surface area (TPSA) is 117 Å². The second-order valence-electron chi connectivity index (χ2n) is 6.89. The zero-order valence-corrected chi connectivity index (χ0v) is 15.4. The van der Waals surface area contributed by atoms with Crippen molar-refractivity contribution < 1.29 is 14.3 Å². The molecule has 0 radical (unpaired) electrons. The van der Waals surface area contributed by atoms with Crippen molar-refractivity contribution >= 4 is 23.2 Å². The van der Waals surface area contributed by atoms with Crippen molar-refractivity contribution in [1.82, 2.24) is 5.32 Å². The Balaban J connectivity index is 2.05. The predicted octanol–water partition coefficient (Wildman–Crippen LogP) is 1.66. The number of rotatable bonds is 8. The number of carbonyl (C=O) groups excluding carboxylic acids is 2. The Morgan fingerprint density at radius 1 is 1.31 bits per heavy atom. The molecule has 1 aliphatic heterocycles. The van der Waals surface area contributed by atoms with E-state index in [9.17, 15) is 9.59 Å².